The van der Waals surface area contributed by atoms with Crippen molar-refractivity contribution in [2.45, 2.75) is 54.4 Å². The third kappa shape index (κ3) is 3.61. The van der Waals surface area contributed by atoms with Gasteiger partial charge in [0.25, 0.3) is 0 Å². The van der Waals surface area contributed by atoms with Crippen LogP contribution in [0, 0.1) is 32.6 Å². The Morgan fingerprint density at radius 2 is 1.77 bits per heavy atom. The number of anilines is 1. The SMILES string of the molecule is C/C(=C\C1=CC[C@H](C)CC1C)N(N)c1c(C)cc(C)cc1C. The average Bonchev–Trinajstić information content (AvgIpc) is 2.40. The molecule has 0 heterocycles. The zero-order valence-corrected chi connectivity index (χ0v) is 14.9. The van der Waals surface area contributed by atoms with E-state index in [0.717, 1.165) is 17.3 Å². The van der Waals surface area contributed by atoms with E-state index in [1.165, 1.54) is 35.1 Å². The second kappa shape index (κ2) is 6.70. The molecule has 2 rings (SSSR count). The quantitative estimate of drug-likeness (QED) is 0.615. The lowest BCUT2D eigenvalue weighted by molar-refractivity contribution is 0.436. The Bertz CT molecular complexity index is 587. The lowest BCUT2D eigenvalue weighted by atomic mass is 9.83. The zero-order chi connectivity index (χ0) is 16.4. The minimum Gasteiger partial charge on any atom is -0.283 e. The summed E-state index contributed by atoms with van der Waals surface area (Å²) < 4.78 is 0. The van der Waals surface area contributed by atoms with Gasteiger partial charge in [0.15, 0.2) is 0 Å². The summed E-state index contributed by atoms with van der Waals surface area (Å²) in [7, 11) is 0. The van der Waals surface area contributed by atoms with Crippen LogP contribution >= 0.6 is 0 Å². The van der Waals surface area contributed by atoms with Gasteiger partial charge < -0.3 is 0 Å². The van der Waals surface area contributed by atoms with Crippen molar-refractivity contribution in [1.29, 1.82) is 0 Å². The first-order chi connectivity index (χ1) is 10.3. The van der Waals surface area contributed by atoms with Crippen molar-refractivity contribution < 1.29 is 0 Å². The summed E-state index contributed by atoms with van der Waals surface area (Å²) in [4.78, 5) is 0. The molecule has 0 aromatic heterocycles. The Hall–Kier alpha value is -1.54. The molecule has 2 heteroatoms. The number of allylic oxidation sites excluding steroid dienone is 4. The fraction of sp³-hybridized carbons (Fsp3) is 0.500. The molecule has 120 valence electrons. The fourth-order valence-corrected chi connectivity index (χ4v) is 3.61. The molecule has 0 amide bonds. The summed E-state index contributed by atoms with van der Waals surface area (Å²) >= 11 is 0. The largest absolute Gasteiger partial charge is 0.283 e. The van der Waals surface area contributed by atoms with Crippen LogP contribution < -0.4 is 10.9 Å². The molecule has 0 aliphatic heterocycles. The molecule has 2 N–H and O–H groups in total. The summed E-state index contributed by atoms with van der Waals surface area (Å²) in [5.74, 6) is 7.83. The van der Waals surface area contributed by atoms with Crippen molar-refractivity contribution >= 4 is 5.69 Å². The van der Waals surface area contributed by atoms with Gasteiger partial charge in [-0.05, 0) is 75.1 Å². The van der Waals surface area contributed by atoms with E-state index in [1.807, 2.05) is 5.01 Å². The molecule has 1 unspecified atom stereocenters. The van der Waals surface area contributed by atoms with Gasteiger partial charge in [-0.3, -0.25) is 5.01 Å². The van der Waals surface area contributed by atoms with Gasteiger partial charge in [-0.1, -0.05) is 37.6 Å². The Morgan fingerprint density at radius 3 is 2.32 bits per heavy atom. The molecule has 1 aliphatic rings. The highest BCUT2D eigenvalue weighted by Crippen LogP contribution is 2.31. The van der Waals surface area contributed by atoms with E-state index in [1.54, 1.807) is 0 Å². The first-order valence-corrected chi connectivity index (χ1v) is 8.30. The number of benzene rings is 1. The molecule has 0 saturated heterocycles. The number of rotatable bonds is 3. The topological polar surface area (TPSA) is 29.3 Å². The van der Waals surface area contributed by atoms with Gasteiger partial charge >= 0.3 is 0 Å². The van der Waals surface area contributed by atoms with E-state index in [-0.39, 0.29) is 0 Å². The van der Waals surface area contributed by atoms with Crippen molar-refractivity contribution in [2.24, 2.45) is 17.7 Å². The lowest BCUT2D eigenvalue weighted by Gasteiger charge is -2.27. The number of hydrazine groups is 1. The lowest BCUT2D eigenvalue weighted by Crippen LogP contribution is -2.30. The van der Waals surface area contributed by atoms with E-state index >= 15 is 0 Å². The first-order valence-electron chi connectivity index (χ1n) is 8.30. The maximum atomic E-state index is 6.42. The van der Waals surface area contributed by atoms with Crippen molar-refractivity contribution in [2.75, 3.05) is 5.01 Å². The van der Waals surface area contributed by atoms with E-state index in [9.17, 15) is 0 Å². The van der Waals surface area contributed by atoms with E-state index in [4.69, 9.17) is 5.84 Å². The molecule has 0 spiro atoms. The van der Waals surface area contributed by atoms with E-state index in [2.05, 4.69) is 65.8 Å². The van der Waals surface area contributed by atoms with Crippen LogP contribution in [0.2, 0.25) is 0 Å². The van der Waals surface area contributed by atoms with Gasteiger partial charge in [0, 0.05) is 5.70 Å². The molecule has 0 radical (unpaired) electrons. The van der Waals surface area contributed by atoms with E-state index < -0.39 is 0 Å². The minimum atomic E-state index is 0.618. The summed E-state index contributed by atoms with van der Waals surface area (Å²) in [5.41, 5.74) is 7.39. The molecule has 2 atom stereocenters. The fourth-order valence-electron chi connectivity index (χ4n) is 3.61. The van der Waals surface area contributed by atoms with Gasteiger partial charge in [-0.25, -0.2) is 5.84 Å². The summed E-state index contributed by atoms with van der Waals surface area (Å²) in [6.45, 7) is 13.1. The summed E-state index contributed by atoms with van der Waals surface area (Å²) in [6, 6.07) is 4.39. The Labute approximate surface area is 135 Å². The molecule has 1 aliphatic carbocycles. The number of hydrogen-bond acceptors (Lipinski definition) is 2. The monoisotopic (exact) mass is 298 g/mol. The molecule has 0 fully saturated rings. The molecule has 22 heavy (non-hydrogen) atoms. The van der Waals surface area contributed by atoms with Crippen molar-refractivity contribution in [1.82, 2.24) is 0 Å². The highest BCUT2D eigenvalue weighted by molar-refractivity contribution is 5.62. The van der Waals surface area contributed by atoms with Crippen LogP contribution in [-0.2, 0) is 0 Å². The summed E-state index contributed by atoms with van der Waals surface area (Å²) in [5, 5.41) is 1.84. The smallest absolute Gasteiger partial charge is 0.0629 e. The van der Waals surface area contributed by atoms with Crippen LogP contribution in [-0.4, -0.2) is 0 Å². The molecule has 0 bridgehead atoms. The summed E-state index contributed by atoms with van der Waals surface area (Å²) in [6.07, 6.45) is 7.08. The standard InChI is InChI=1S/C20H30N2/c1-13-7-8-19(15(3)9-13)12-18(6)22(21)20-16(4)10-14(2)11-17(20)5/h8,10-13,15H,7,9,21H2,1-6H3/b18-12+/t13-,15?/m0/s1. The molecule has 1 aromatic rings. The molecular formula is C20H30N2. The van der Waals surface area contributed by atoms with Gasteiger partial charge in [-0.2, -0.15) is 0 Å². The Morgan fingerprint density at radius 1 is 1.18 bits per heavy atom. The maximum Gasteiger partial charge on any atom is 0.0629 e. The Balaban J connectivity index is 2.30. The number of nitrogens with two attached hydrogens (primary N) is 1. The van der Waals surface area contributed by atoms with Crippen LogP contribution in [0.3, 0.4) is 0 Å². The maximum absolute atomic E-state index is 6.42. The van der Waals surface area contributed by atoms with Crippen LogP contribution in [0.4, 0.5) is 5.69 Å². The number of aryl methyl sites for hydroxylation is 3. The zero-order valence-electron chi connectivity index (χ0n) is 14.9. The highest BCUT2D eigenvalue weighted by Gasteiger charge is 2.18. The van der Waals surface area contributed by atoms with Crippen LogP contribution in [0.1, 0.15) is 50.3 Å². The molecule has 1 aromatic carbocycles. The number of hydrogen-bond donors (Lipinski definition) is 1. The third-order valence-electron chi connectivity index (χ3n) is 4.71. The minimum absolute atomic E-state index is 0.618. The third-order valence-corrected chi connectivity index (χ3v) is 4.71. The van der Waals surface area contributed by atoms with Crippen LogP contribution in [0.25, 0.3) is 0 Å². The second-order valence-electron chi connectivity index (χ2n) is 7.08. The molecule has 2 nitrogen and oxygen atoms in total. The van der Waals surface area contributed by atoms with Crippen molar-refractivity contribution in [3.05, 3.63) is 52.2 Å². The molecular weight excluding hydrogens is 268 g/mol. The second-order valence-corrected chi connectivity index (χ2v) is 7.08. The normalized spacial score (nSPS) is 22.5. The highest BCUT2D eigenvalue weighted by atomic mass is 15.4. The van der Waals surface area contributed by atoms with Gasteiger partial charge in [0.05, 0.1) is 5.69 Å². The average molecular weight is 298 g/mol. The van der Waals surface area contributed by atoms with Crippen LogP contribution in [0.15, 0.2) is 35.6 Å². The van der Waals surface area contributed by atoms with Gasteiger partial charge in [0.1, 0.15) is 0 Å². The van der Waals surface area contributed by atoms with Crippen LogP contribution in [0.5, 0.6) is 0 Å². The predicted octanol–water partition coefficient (Wildman–Crippen LogP) is 5.19. The number of nitrogens with zero attached hydrogens (tertiary/aromatic N) is 1. The van der Waals surface area contributed by atoms with Gasteiger partial charge in [-0.15, -0.1) is 0 Å². The Kier molecular flexibility index (Phi) is 5.12. The van der Waals surface area contributed by atoms with Gasteiger partial charge in [0.2, 0.25) is 0 Å². The predicted molar refractivity (Wildman–Crippen MR) is 96.7 cm³/mol. The van der Waals surface area contributed by atoms with E-state index in [0.29, 0.717) is 5.92 Å². The molecule has 0 saturated carbocycles. The van der Waals surface area contributed by atoms with Crippen molar-refractivity contribution in [3.8, 4) is 0 Å². The first kappa shape index (κ1) is 16.8. The van der Waals surface area contributed by atoms with Crippen molar-refractivity contribution in [3.63, 3.8) is 0 Å².